The summed E-state index contributed by atoms with van der Waals surface area (Å²) in [6.45, 7) is 0.460. The number of sulfone groups is 1. The van der Waals surface area contributed by atoms with Gasteiger partial charge in [-0.05, 0) is 30.2 Å². The Labute approximate surface area is 145 Å². The van der Waals surface area contributed by atoms with Crippen molar-refractivity contribution in [3.63, 3.8) is 0 Å². The fourth-order valence-corrected chi connectivity index (χ4v) is 6.00. The van der Waals surface area contributed by atoms with Crippen LogP contribution in [0.3, 0.4) is 0 Å². The van der Waals surface area contributed by atoms with Crippen LogP contribution in [0.1, 0.15) is 12.0 Å². The van der Waals surface area contributed by atoms with E-state index >= 15 is 0 Å². The molecule has 2 heterocycles. The smallest absolute Gasteiger partial charge is 0.230 e. The highest BCUT2D eigenvalue weighted by Gasteiger charge is 2.28. The number of hydrogen-bond acceptors (Lipinski definition) is 5. The van der Waals surface area contributed by atoms with E-state index < -0.39 is 9.84 Å². The quantitative estimate of drug-likeness (QED) is 0.837. The summed E-state index contributed by atoms with van der Waals surface area (Å²) >= 11 is 1.43. The first kappa shape index (κ1) is 17.0. The third kappa shape index (κ3) is 4.61. The first-order chi connectivity index (χ1) is 11.5. The van der Waals surface area contributed by atoms with E-state index in [1.165, 1.54) is 11.8 Å². The lowest BCUT2D eigenvalue weighted by molar-refractivity contribution is -0.118. The molecule has 0 spiro atoms. The van der Waals surface area contributed by atoms with Gasteiger partial charge in [-0.15, -0.1) is 11.8 Å². The molecule has 1 atom stereocenters. The van der Waals surface area contributed by atoms with Gasteiger partial charge in [-0.3, -0.25) is 4.79 Å². The molecule has 0 unspecified atom stereocenters. The van der Waals surface area contributed by atoms with Gasteiger partial charge >= 0.3 is 0 Å². The highest BCUT2D eigenvalue weighted by molar-refractivity contribution is 8.02. The Morgan fingerprint density at radius 3 is 2.75 bits per heavy atom. The molecule has 0 bridgehead atoms. The SMILES string of the molecule is O=C(CS[C@H]1CCS(=O)(=O)C1)NCc1ccc(-n2cccn2)cc1. The number of nitrogens with zero attached hydrogens (tertiary/aromatic N) is 2. The summed E-state index contributed by atoms with van der Waals surface area (Å²) in [7, 11) is -2.88. The molecule has 1 amide bonds. The highest BCUT2D eigenvalue weighted by Crippen LogP contribution is 2.23. The van der Waals surface area contributed by atoms with E-state index in [0.29, 0.717) is 18.7 Å². The lowest BCUT2D eigenvalue weighted by atomic mass is 10.2. The second kappa shape index (κ2) is 7.40. The molecule has 0 aliphatic carbocycles. The number of aromatic nitrogens is 2. The summed E-state index contributed by atoms with van der Waals surface area (Å²) in [6.07, 6.45) is 4.24. The standard InChI is InChI=1S/C16H19N3O3S2/c20-16(11-23-15-6-9-24(21,22)12-15)17-10-13-2-4-14(5-3-13)19-8-1-7-18-19/h1-5,7-8,15H,6,9-12H2,(H,17,20)/t15-/m0/s1. The van der Waals surface area contributed by atoms with Crippen LogP contribution >= 0.6 is 11.8 Å². The summed E-state index contributed by atoms with van der Waals surface area (Å²) in [4.78, 5) is 11.9. The zero-order chi connectivity index (χ0) is 17.0. The Bertz CT molecular complexity index is 786. The molecule has 6 nitrogen and oxygen atoms in total. The van der Waals surface area contributed by atoms with Crippen molar-refractivity contribution in [2.75, 3.05) is 17.3 Å². The molecule has 3 rings (SSSR count). The van der Waals surface area contributed by atoms with Crippen LogP contribution in [0.2, 0.25) is 0 Å². The molecular formula is C16H19N3O3S2. The molecule has 1 N–H and O–H groups in total. The van der Waals surface area contributed by atoms with Crippen molar-refractivity contribution in [2.24, 2.45) is 0 Å². The zero-order valence-electron chi connectivity index (χ0n) is 13.1. The average molecular weight is 365 g/mol. The van der Waals surface area contributed by atoms with Gasteiger partial charge < -0.3 is 5.32 Å². The lowest BCUT2D eigenvalue weighted by Crippen LogP contribution is -2.25. The van der Waals surface area contributed by atoms with Gasteiger partial charge in [0, 0.05) is 24.2 Å². The van der Waals surface area contributed by atoms with Crippen LogP contribution in [0.25, 0.3) is 5.69 Å². The van der Waals surface area contributed by atoms with Gasteiger partial charge in [0.2, 0.25) is 5.91 Å². The monoisotopic (exact) mass is 365 g/mol. The number of thioether (sulfide) groups is 1. The van der Waals surface area contributed by atoms with Crippen LogP contribution < -0.4 is 5.32 Å². The molecule has 1 fully saturated rings. The van der Waals surface area contributed by atoms with E-state index in [0.717, 1.165) is 11.3 Å². The third-order valence-electron chi connectivity index (χ3n) is 3.84. The Morgan fingerprint density at radius 2 is 2.12 bits per heavy atom. The van der Waals surface area contributed by atoms with Gasteiger partial charge in [-0.1, -0.05) is 12.1 Å². The molecule has 2 aromatic rings. The molecule has 0 saturated carbocycles. The highest BCUT2D eigenvalue weighted by atomic mass is 32.2. The number of amides is 1. The summed E-state index contributed by atoms with van der Waals surface area (Å²) in [5.74, 6) is 0.667. The van der Waals surface area contributed by atoms with E-state index in [-0.39, 0.29) is 22.7 Å². The van der Waals surface area contributed by atoms with Crippen molar-refractivity contribution >= 4 is 27.5 Å². The van der Waals surface area contributed by atoms with Crippen molar-refractivity contribution in [1.82, 2.24) is 15.1 Å². The minimum Gasteiger partial charge on any atom is -0.351 e. The molecule has 1 aliphatic rings. The largest absolute Gasteiger partial charge is 0.351 e. The Hall–Kier alpha value is -1.80. The molecule has 8 heteroatoms. The molecule has 1 aromatic heterocycles. The first-order valence-electron chi connectivity index (χ1n) is 7.69. The number of nitrogens with one attached hydrogen (secondary N) is 1. The van der Waals surface area contributed by atoms with E-state index in [4.69, 9.17) is 0 Å². The molecule has 128 valence electrons. The van der Waals surface area contributed by atoms with Gasteiger partial charge in [0.25, 0.3) is 0 Å². The molecule has 0 radical (unpaired) electrons. The van der Waals surface area contributed by atoms with Crippen LogP contribution in [-0.2, 0) is 21.2 Å². The van der Waals surface area contributed by atoms with Crippen molar-refractivity contribution in [3.8, 4) is 5.69 Å². The maximum atomic E-state index is 11.9. The molecule has 1 saturated heterocycles. The minimum absolute atomic E-state index is 0.0501. The summed E-state index contributed by atoms with van der Waals surface area (Å²) in [5, 5.41) is 7.08. The van der Waals surface area contributed by atoms with Crippen LogP contribution in [0.5, 0.6) is 0 Å². The normalized spacial score (nSPS) is 19.2. The number of hydrogen-bond donors (Lipinski definition) is 1. The molecule has 1 aliphatic heterocycles. The van der Waals surface area contributed by atoms with E-state index in [1.807, 2.05) is 36.5 Å². The van der Waals surface area contributed by atoms with Gasteiger partial charge in [-0.25, -0.2) is 13.1 Å². The van der Waals surface area contributed by atoms with Crippen molar-refractivity contribution in [3.05, 3.63) is 48.3 Å². The summed E-state index contributed by atoms with van der Waals surface area (Å²) < 4.78 is 24.6. The topological polar surface area (TPSA) is 81.1 Å². The molecule has 1 aromatic carbocycles. The van der Waals surface area contributed by atoms with Gasteiger partial charge in [0.15, 0.2) is 9.84 Å². The van der Waals surface area contributed by atoms with Gasteiger partial charge in [0.1, 0.15) is 0 Å². The predicted molar refractivity (Wildman–Crippen MR) is 94.9 cm³/mol. The molecule has 24 heavy (non-hydrogen) atoms. The van der Waals surface area contributed by atoms with Crippen molar-refractivity contribution in [2.45, 2.75) is 18.2 Å². The second-order valence-electron chi connectivity index (χ2n) is 5.73. The number of benzene rings is 1. The predicted octanol–water partition coefficient (Wildman–Crippen LogP) is 1.41. The van der Waals surface area contributed by atoms with E-state index in [9.17, 15) is 13.2 Å². The number of rotatable bonds is 6. The minimum atomic E-state index is -2.88. The maximum absolute atomic E-state index is 11.9. The van der Waals surface area contributed by atoms with Crippen LogP contribution in [0, 0.1) is 0 Å². The maximum Gasteiger partial charge on any atom is 0.230 e. The van der Waals surface area contributed by atoms with Gasteiger partial charge in [0.05, 0.1) is 22.9 Å². The number of carbonyl (C=O) groups is 1. The number of carbonyl (C=O) groups excluding carboxylic acids is 1. The van der Waals surface area contributed by atoms with Crippen LogP contribution in [0.15, 0.2) is 42.7 Å². The summed E-state index contributed by atoms with van der Waals surface area (Å²) in [5.41, 5.74) is 1.97. The fourth-order valence-electron chi connectivity index (χ4n) is 2.53. The van der Waals surface area contributed by atoms with Gasteiger partial charge in [-0.2, -0.15) is 5.10 Å². The van der Waals surface area contributed by atoms with Crippen molar-refractivity contribution < 1.29 is 13.2 Å². The zero-order valence-corrected chi connectivity index (χ0v) is 14.7. The Morgan fingerprint density at radius 1 is 1.33 bits per heavy atom. The lowest BCUT2D eigenvalue weighted by Gasteiger charge is -2.09. The molecular weight excluding hydrogens is 346 g/mol. The fraction of sp³-hybridized carbons (Fsp3) is 0.375. The Balaban J connectivity index is 1.43. The van der Waals surface area contributed by atoms with Crippen LogP contribution in [-0.4, -0.2) is 46.6 Å². The Kier molecular flexibility index (Phi) is 5.25. The average Bonchev–Trinajstić information content (AvgIpc) is 3.21. The van der Waals surface area contributed by atoms with Crippen molar-refractivity contribution in [1.29, 1.82) is 0 Å². The third-order valence-corrected chi connectivity index (χ3v) is 7.12. The summed E-state index contributed by atoms with van der Waals surface area (Å²) in [6, 6.07) is 9.67. The van der Waals surface area contributed by atoms with E-state index in [2.05, 4.69) is 10.4 Å². The second-order valence-corrected chi connectivity index (χ2v) is 9.25. The van der Waals surface area contributed by atoms with E-state index in [1.54, 1.807) is 10.9 Å². The van der Waals surface area contributed by atoms with Crippen LogP contribution in [0.4, 0.5) is 0 Å². The first-order valence-corrected chi connectivity index (χ1v) is 10.6.